The molecule has 0 N–H and O–H groups in total. The molecule has 0 radical (unpaired) electrons. The molecule has 2 aromatic heterocycles. The Kier molecular flexibility index (Phi) is 2.55. The second-order valence-corrected chi connectivity index (χ2v) is 3.84. The summed E-state index contributed by atoms with van der Waals surface area (Å²) in [4.78, 5) is 16.3. The maximum atomic E-state index is 11.3. The number of hydrogen-bond acceptors (Lipinski definition) is 5. The van der Waals surface area contributed by atoms with Gasteiger partial charge in [-0.3, -0.25) is 0 Å². The molecule has 0 spiro atoms. The third-order valence-electron chi connectivity index (χ3n) is 1.91. The van der Waals surface area contributed by atoms with Gasteiger partial charge in [0, 0.05) is 0 Å². The summed E-state index contributed by atoms with van der Waals surface area (Å²) in [6, 6.07) is 3.79. The van der Waals surface area contributed by atoms with Crippen molar-refractivity contribution in [3.8, 4) is 10.8 Å². The van der Waals surface area contributed by atoms with E-state index < -0.39 is 5.97 Å². The number of aryl methyl sites for hydroxylation is 1. The summed E-state index contributed by atoms with van der Waals surface area (Å²) in [6.07, 6.45) is 0. The second-order valence-electron chi connectivity index (χ2n) is 2.89. The average Bonchev–Trinajstić information content (AvgIpc) is 2.84. The first-order chi connectivity index (χ1) is 7.22. The van der Waals surface area contributed by atoms with Crippen molar-refractivity contribution in [3.63, 3.8) is 0 Å². The van der Waals surface area contributed by atoms with E-state index in [9.17, 15) is 4.79 Å². The number of methoxy groups -OCH3 is 1. The first-order valence-electron chi connectivity index (χ1n) is 4.32. The van der Waals surface area contributed by atoms with Crippen molar-refractivity contribution < 1.29 is 13.9 Å². The fourth-order valence-electron chi connectivity index (χ4n) is 1.19. The maximum absolute atomic E-state index is 11.3. The molecule has 0 unspecified atom stereocenters. The number of oxazole rings is 1. The van der Waals surface area contributed by atoms with Crippen molar-refractivity contribution in [2.45, 2.75) is 6.92 Å². The molecule has 78 valence electrons. The summed E-state index contributed by atoms with van der Waals surface area (Å²) in [5, 5.41) is 1.92. The molecule has 0 saturated heterocycles. The second kappa shape index (κ2) is 3.86. The van der Waals surface area contributed by atoms with Crippen molar-refractivity contribution in [3.05, 3.63) is 29.0 Å². The van der Waals surface area contributed by atoms with Crippen LogP contribution in [0.1, 0.15) is 16.2 Å². The molecular formula is C10H9NO3S. The highest BCUT2D eigenvalue weighted by Crippen LogP contribution is 2.25. The summed E-state index contributed by atoms with van der Waals surface area (Å²) in [6.45, 7) is 1.69. The number of esters is 1. The lowest BCUT2D eigenvalue weighted by atomic mass is 10.4. The van der Waals surface area contributed by atoms with Gasteiger partial charge in [-0.05, 0) is 18.4 Å². The van der Waals surface area contributed by atoms with Gasteiger partial charge >= 0.3 is 5.97 Å². The Hall–Kier alpha value is -1.62. The Morgan fingerprint density at radius 3 is 3.00 bits per heavy atom. The van der Waals surface area contributed by atoms with Gasteiger partial charge in [0.2, 0.25) is 5.89 Å². The van der Waals surface area contributed by atoms with Gasteiger partial charge in [-0.15, -0.1) is 11.3 Å². The lowest BCUT2D eigenvalue weighted by Gasteiger charge is -1.91. The first kappa shape index (κ1) is 9.92. The van der Waals surface area contributed by atoms with Crippen LogP contribution in [0.15, 0.2) is 21.9 Å². The zero-order valence-corrected chi connectivity index (χ0v) is 9.13. The molecule has 0 atom stereocenters. The molecular weight excluding hydrogens is 214 g/mol. The molecule has 2 aromatic rings. The SMILES string of the molecule is COC(=O)c1nc(-c2cccs2)oc1C. The third-order valence-corrected chi connectivity index (χ3v) is 2.77. The van der Waals surface area contributed by atoms with Crippen LogP contribution in [0.2, 0.25) is 0 Å². The van der Waals surface area contributed by atoms with E-state index in [4.69, 9.17) is 4.42 Å². The van der Waals surface area contributed by atoms with Crippen molar-refractivity contribution in [1.29, 1.82) is 0 Å². The predicted octanol–water partition coefficient (Wildman–Crippen LogP) is 2.50. The van der Waals surface area contributed by atoms with E-state index >= 15 is 0 Å². The van der Waals surface area contributed by atoms with Crippen LogP contribution in [-0.4, -0.2) is 18.1 Å². The molecule has 2 rings (SSSR count). The highest BCUT2D eigenvalue weighted by molar-refractivity contribution is 7.13. The molecule has 0 aliphatic rings. The molecule has 0 aromatic carbocycles. The number of nitrogens with zero attached hydrogens (tertiary/aromatic N) is 1. The fourth-order valence-corrected chi connectivity index (χ4v) is 1.84. The van der Waals surface area contributed by atoms with E-state index in [0.717, 1.165) is 4.88 Å². The van der Waals surface area contributed by atoms with Crippen LogP contribution in [0.25, 0.3) is 10.8 Å². The molecule has 0 fully saturated rings. The Labute approximate surface area is 90.5 Å². The van der Waals surface area contributed by atoms with Crippen LogP contribution in [-0.2, 0) is 4.74 Å². The standard InChI is InChI=1S/C10H9NO3S/c1-6-8(10(12)13-2)11-9(14-6)7-4-3-5-15-7/h3-5H,1-2H3. The number of ether oxygens (including phenoxy) is 1. The number of hydrogen-bond donors (Lipinski definition) is 0. The minimum absolute atomic E-state index is 0.237. The van der Waals surface area contributed by atoms with Crippen molar-refractivity contribution >= 4 is 17.3 Å². The number of thiophene rings is 1. The molecule has 15 heavy (non-hydrogen) atoms. The largest absolute Gasteiger partial charge is 0.464 e. The highest BCUT2D eigenvalue weighted by atomic mass is 32.1. The van der Waals surface area contributed by atoms with Crippen LogP contribution >= 0.6 is 11.3 Å². The first-order valence-corrected chi connectivity index (χ1v) is 5.20. The Morgan fingerprint density at radius 1 is 1.60 bits per heavy atom. The average molecular weight is 223 g/mol. The Morgan fingerprint density at radius 2 is 2.40 bits per heavy atom. The normalized spacial score (nSPS) is 10.3. The van der Waals surface area contributed by atoms with E-state index in [2.05, 4.69) is 9.72 Å². The topological polar surface area (TPSA) is 52.3 Å². The summed E-state index contributed by atoms with van der Waals surface area (Å²) in [5.74, 6) is 0.465. The van der Waals surface area contributed by atoms with Crippen LogP contribution in [0, 0.1) is 6.92 Å². The predicted molar refractivity (Wildman–Crippen MR) is 55.9 cm³/mol. The van der Waals surface area contributed by atoms with E-state index in [1.807, 2.05) is 17.5 Å². The van der Waals surface area contributed by atoms with Crippen molar-refractivity contribution in [2.75, 3.05) is 7.11 Å². The van der Waals surface area contributed by atoms with Gasteiger partial charge in [0.25, 0.3) is 0 Å². The number of carbonyl (C=O) groups excluding carboxylic acids is 1. The number of aromatic nitrogens is 1. The van der Waals surface area contributed by atoms with Gasteiger partial charge in [0.1, 0.15) is 5.76 Å². The summed E-state index contributed by atoms with van der Waals surface area (Å²) < 4.78 is 9.97. The smallest absolute Gasteiger partial charge is 0.360 e. The molecule has 2 heterocycles. The minimum Gasteiger partial charge on any atom is -0.464 e. The van der Waals surface area contributed by atoms with Crippen LogP contribution in [0.3, 0.4) is 0 Å². The molecule has 4 nitrogen and oxygen atoms in total. The van der Waals surface area contributed by atoms with E-state index in [1.165, 1.54) is 18.4 Å². The monoisotopic (exact) mass is 223 g/mol. The molecule has 5 heteroatoms. The minimum atomic E-state index is -0.473. The molecule has 0 aliphatic heterocycles. The fraction of sp³-hybridized carbons (Fsp3) is 0.200. The maximum Gasteiger partial charge on any atom is 0.360 e. The Bertz CT molecular complexity index is 473. The lowest BCUT2D eigenvalue weighted by Crippen LogP contribution is -2.03. The van der Waals surface area contributed by atoms with Gasteiger partial charge in [0.05, 0.1) is 12.0 Å². The quantitative estimate of drug-likeness (QED) is 0.734. The van der Waals surface area contributed by atoms with Gasteiger partial charge < -0.3 is 9.15 Å². The highest BCUT2D eigenvalue weighted by Gasteiger charge is 2.18. The van der Waals surface area contributed by atoms with E-state index in [0.29, 0.717) is 11.7 Å². The van der Waals surface area contributed by atoms with Crippen LogP contribution in [0.5, 0.6) is 0 Å². The molecule has 0 aliphatic carbocycles. The van der Waals surface area contributed by atoms with E-state index in [1.54, 1.807) is 6.92 Å². The van der Waals surface area contributed by atoms with Gasteiger partial charge in [-0.25, -0.2) is 9.78 Å². The van der Waals surface area contributed by atoms with Gasteiger partial charge in [-0.2, -0.15) is 0 Å². The Balaban J connectivity index is 2.41. The summed E-state index contributed by atoms with van der Waals surface area (Å²) in [5.41, 5.74) is 0.237. The van der Waals surface area contributed by atoms with Crippen molar-refractivity contribution in [1.82, 2.24) is 4.98 Å². The molecule has 0 amide bonds. The summed E-state index contributed by atoms with van der Waals surface area (Å²) in [7, 11) is 1.32. The lowest BCUT2D eigenvalue weighted by molar-refractivity contribution is 0.0593. The summed E-state index contributed by atoms with van der Waals surface area (Å²) >= 11 is 1.51. The third kappa shape index (κ3) is 1.78. The molecule has 0 saturated carbocycles. The zero-order valence-electron chi connectivity index (χ0n) is 8.31. The number of rotatable bonds is 2. The van der Waals surface area contributed by atoms with E-state index in [-0.39, 0.29) is 5.69 Å². The zero-order chi connectivity index (χ0) is 10.8. The molecule has 0 bridgehead atoms. The van der Waals surface area contributed by atoms with Gasteiger partial charge in [0.15, 0.2) is 5.69 Å². The van der Waals surface area contributed by atoms with Gasteiger partial charge in [-0.1, -0.05) is 6.07 Å². The number of carbonyl (C=O) groups is 1. The van der Waals surface area contributed by atoms with Crippen LogP contribution in [0.4, 0.5) is 0 Å². The van der Waals surface area contributed by atoms with Crippen LogP contribution < -0.4 is 0 Å². The van der Waals surface area contributed by atoms with Crippen molar-refractivity contribution in [2.24, 2.45) is 0 Å².